The van der Waals surface area contributed by atoms with E-state index in [1.807, 2.05) is 0 Å². The van der Waals surface area contributed by atoms with Crippen LogP contribution in [0.5, 0.6) is 11.5 Å². The first-order valence-corrected chi connectivity index (χ1v) is 6.34. The fourth-order valence-electron chi connectivity index (χ4n) is 1.99. The van der Waals surface area contributed by atoms with E-state index >= 15 is 0 Å². The maximum atomic E-state index is 9.37. The number of aliphatic hydroxyl groups is 1. The zero-order valence-electron chi connectivity index (χ0n) is 10.3. The van der Waals surface area contributed by atoms with Crippen LogP contribution in [0.1, 0.15) is 18.4 Å². The fourth-order valence-corrected chi connectivity index (χ4v) is 2.22. The topological polar surface area (TPSA) is 47.9 Å². The maximum absolute atomic E-state index is 9.37. The molecule has 0 aromatic heterocycles. The lowest BCUT2D eigenvalue weighted by Gasteiger charge is -2.25. The third kappa shape index (κ3) is 3.07. The van der Waals surface area contributed by atoms with Gasteiger partial charge in [-0.15, -0.1) is 0 Å². The van der Waals surface area contributed by atoms with Crippen LogP contribution in [0.3, 0.4) is 0 Å². The van der Waals surface area contributed by atoms with Gasteiger partial charge in [0.25, 0.3) is 0 Å². The Hall–Kier alpha value is -0.970. The number of benzene rings is 1. The number of halogens is 1. The first-order chi connectivity index (χ1) is 8.74. The molecule has 1 heterocycles. The molecule has 1 aliphatic heterocycles. The van der Waals surface area contributed by atoms with Crippen molar-refractivity contribution in [2.75, 3.05) is 20.3 Å². The van der Waals surface area contributed by atoms with Gasteiger partial charge in [-0.1, -0.05) is 11.6 Å². The summed E-state index contributed by atoms with van der Waals surface area (Å²) < 4.78 is 16.5. The van der Waals surface area contributed by atoms with Crippen LogP contribution in [-0.4, -0.2) is 31.5 Å². The van der Waals surface area contributed by atoms with Gasteiger partial charge in [-0.05, 0) is 6.07 Å². The molecule has 4 nitrogen and oxygen atoms in total. The predicted octanol–water partition coefficient (Wildman–Crippen LogP) is 2.40. The summed E-state index contributed by atoms with van der Waals surface area (Å²) >= 11 is 5.96. The van der Waals surface area contributed by atoms with Gasteiger partial charge in [0, 0.05) is 29.5 Å². The maximum Gasteiger partial charge on any atom is 0.167 e. The summed E-state index contributed by atoms with van der Waals surface area (Å²) in [6.07, 6.45) is 1.78. The molecule has 1 aromatic rings. The van der Waals surface area contributed by atoms with Crippen LogP contribution < -0.4 is 9.47 Å². The van der Waals surface area contributed by atoms with Gasteiger partial charge in [0.05, 0.1) is 26.9 Å². The summed E-state index contributed by atoms with van der Waals surface area (Å²) in [7, 11) is 1.56. The van der Waals surface area contributed by atoms with E-state index in [4.69, 9.17) is 25.8 Å². The molecule has 0 saturated carbocycles. The molecule has 0 spiro atoms. The van der Waals surface area contributed by atoms with Crippen molar-refractivity contribution in [1.29, 1.82) is 0 Å². The van der Waals surface area contributed by atoms with E-state index in [0.29, 0.717) is 35.3 Å². The van der Waals surface area contributed by atoms with Crippen LogP contribution in [0.15, 0.2) is 12.1 Å². The molecule has 5 heteroatoms. The van der Waals surface area contributed by atoms with Gasteiger partial charge >= 0.3 is 0 Å². The fraction of sp³-hybridized carbons (Fsp3) is 0.538. The van der Waals surface area contributed by atoms with Gasteiger partial charge in [0.2, 0.25) is 0 Å². The highest BCUT2D eigenvalue weighted by molar-refractivity contribution is 6.30. The molecule has 0 radical (unpaired) electrons. The van der Waals surface area contributed by atoms with E-state index in [-0.39, 0.29) is 12.7 Å². The molecular weight excluding hydrogens is 256 g/mol. The van der Waals surface area contributed by atoms with E-state index in [1.54, 1.807) is 19.2 Å². The highest BCUT2D eigenvalue weighted by Crippen LogP contribution is 2.36. The second-order valence-corrected chi connectivity index (χ2v) is 4.62. The van der Waals surface area contributed by atoms with Crippen molar-refractivity contribution in [3.63, 3.8) is 0 Å². The molecule has 0 atom stereocenters. The summed E-state index contributed by atoms with van der Waals surface area (Å²) in [6.45, 7) is 1.28. The Morgan fingerprint density at radius 1 is 1.39 bits per heavy atom. The predicted molar refractivity (Wildman–Crippen MR) is 68.4 cm³/mol. The van der Waals surface area contributed by atoms with E-state index in [0.717, 1.165) is 12.8 Å². The van der Waals surface area contributed by atoms with E-state index in [2.05, 4.69) is 0 Å². The summed E-state index contributed by atoms with van der Waals surface area (Å²) in [5, 5.41) is 9.90. The zero-order valence-corrected chi connectivity index (χ0v) is 11.1. The highest BCUT2D eigenvalue weighted by Gasteiger charge is 2.20. The van der Waals surface area contributed by atoms with E-state index < -0.39 is 0 Å². The van der Waals surface area contributed by atoms with Gasteiger partial charge in [0.15, 0.2) is 11.5 Å². The first-order valence-electron chi connectivity index (χ1n) is 5.96. The lowest BCUT2D eigenvalue weighted by atomic mass is 10.1. The smallest absolute Gasteiger partial charge is 0.167 e. The van der Waals surface area contributed by atoms with Crippen LogP contribution in [0.25, 0.3) is 0 Å². The van der Waals surface area contributed by atoms with Crippen molar-refractivity contribution in [2.45, 2.75) is 25.6 Å². The Balaban J connectivity index is 2.23. The normalized spacial score (nSPS) is 16.6. The number of hydrogen-bond donors (Lipinski definition) is 1. The summed E-state index contributed by atoms with van der Waals surface area (Å²) in [6, 6.07) is 3.38. The third-order valence-electron chi connectivity index (χ3n) is 2.94. The van der Waals surface area contributed by atoms with Crippen molar-refractivity contribution in [3.8, 4) is 11.5 Å². The minimum absolute atomic E-state index is 0.0964. The summed E-state index contributed by atoms with van der Waals surface area (Å²) in [5.41, 5.74) is 0.644. The number of aliphatic hydroxyl groups excluding tert-OH is 1. The lowest BCUT2D eigenvalue weighted by Crippen LogP contribution is -2.26. The van der Waals surface area contributed by atoms with Gasteiger partial charge in [0.1, 0.15) is 6.10 Å². The van der Waals surface area contributed by atoms with Gasteiger partial charge in [-0.2, -0.15) is 0 Å². The third-order valence-corrected chi connectivity index (χ3v) is 3.16. The molecule has 1 aromatic carbocycles. The Morgan fingerprint density at radius 2 is 2.11 bits per heavy atom. The first kappa shape index (κ1) is 13.5. The number of hydrogen-bond acceptors (Lipinski definition) is 4. The molecule has 2 rings (SSSR count). The standard InChI is InChI=1S/C13H17ClO4/c1-16-12-7-10(14)6-9(8-15)13(12)18-11-2-4-17-5-3-11/h6-7,11,15H,2-5,8H2,1H3. The van der Waals surface area contributed by atoms with Crippen LogP contribution in [0.2, 0.25) is 5.02 Å². The molecular formula is C13H17ClO4. The molecule has 1 N–H and O–H groups in total. The molecule has 0 amide bonds. The Labute approximate surface area is 111 Å². The van der Waals surface area contributed by atoms with Crippen molar-refractivity contribution in [3.05, 3.63) is 22.7 Å². The minimum atomic E-state index is -0.129. The van der Waals surface area contributed by atoms with Crippen molar-refractivity contribution < 1.29 is 19.3 Å². The molecule has 18 heavy (non-hydrogen) atoms. The van der Waals surface area contributed by atoms with Crippen LogP contribution >= 0.6 is 11.6 Å². The molecule has 100 valence electrons. The van der Waals surface area contributed by atoms with E-state index in [9.17, 15) is 5.11 Å². The molecule has 0 unspecified atom stereocenters. The number of ether oxygens (including phenoxy) is 3. The minimum Gasteiger partial charge on any atom is -0.493 e. The van der Waals surface area contributed by atoms with Gasteiger partial charge < -0.3 is 19.3 Å². The monoisotopic (exact) mass is 272 g/mol. The number of methoxy groups -OCH3 is 1. The largest absolute Gasteiger partial charge is 0.493 e. The molecule has 0 aliphatic carbocycles. The SMILES string of the molecule is COc1cc(Cl)cc(CO)c1OC1CCOCC1. The highest BCUT2D eigenvalue weighted by atomic mass is 35.5. The quantitative estimate of drug-likeness (QED) is 0.914. The molecule has 0 bridgehead atoms. The van der Waals surface area contributed by atoms with Gasteiger partial charge in [-0.25, -0.2) is 0 Å². The average molecular weight is 273 g/mol. The number of rotatable bonds is 4. The van der Waals surface area contributed by atoms with Crippen LogP contribution in [0, 0.1) is 0 Å². The summed E-state index contributed by atoms with van der Waals surface area (Å²) in [5.74, 6) is 1.13. The van der Waals surface area contributed by atoms with E-state index in [1.165, 1.54) is 0 Å². The van der Waals surface area contributed by atoms with Gasteiger partial charge in [-0.3, -0.25) is 0 Å². The van der Waals surface area contributed by atoms with Crippen LogP contribution in [0.4, 0.5) is 0 Å². The second kappa shape index (κ2) is 6.27. The summed E-state index contributed by atoms with van der Waals surface area (Å²) in [4.78, 5) is 0. The van der Waals surface area contributed by atoms with Crippen LogP contribution in [-0.2, 0) is 11.3 Å². The molecule has 1 aliphatic rings. The Kier molecular flexibility index (Phi) is 4.69. The van der Waals surface area contributed by atoms with Crippen molar-refractivity contribution >= 4 is 11.6 Å². The lowest BCUT2D eigenvalue weighted by molar-refractivity contribution is 0.0237. The Bertz CT molecular complexity index is 377. The molecule has 1 saturated heterocycles. The van der Waals surface area contributed by atoms with Crippen molar-refractivity contribution in [2.24, 2.45) is 0 Å². The molecule has 1 fully saturated rings. The average Bonchev–Trinajstić information content (AvgIpc) is 2.41. The zero-order chi connectivity index (χ0) is 13.0. The Morgan fingerprint density at radius 3 is 2.72 bits per heavy atom. The van der Waals surface area contributed by atoms with Crippen molar-refractivity contribution in [1.82, 2.24) is 0 Å². The second-order valence-electron chi connectivity index (χ2n) is 4.18.